The van der Waals surface area contributed by atoms with Gasteiger partial charge in [0, 0.05) is 17.8 Å². The molecule has 2 aliphatic rings. The molecule has 1 aromatic rings. The maximum absolute atomic E-state index is 12.6. The number of halogens is 1. The molecule has 1 aromatic heterocycles. The summed E-state index contributed by atoms with van der Waals surface area (Å²) in [5.41, 5.74) is 0.747. The van der Waals surface area contributed by atoms with Crippen molar-refractivity contribution < 1.29 is 9.53 Å². The number of nitrogens with zero attached hydrogens (tertiary/aromatic N) is 2. The first kappa shape index (κ1) is 16.5. The van der Waals surface area contributed by atoms with Gasteiger partial charge in [0.25, 0.3) is 5.17 Å². The van der Waals surface area contributed by atoms with Crippen LogP contribution in [0.1, 0.15) is 50.7 Å². The van der Waals surface area contributed by atoms with Gasteiger partial charge in [-0.3, -0.25) is 0 Å². The number of rotatable bonds is 2. The van der Waals surface area contributed by atoms with Crippen molar-refractivity contribution in [3.05, 3.63) is 29.0 Å². The van der Waals surface area contributed by atoms with Gasteiger partial charge in [-0.25, -0.2) is 14.7 Å². The number of pyridine rings is 1. The van der Waals surface area contributed by atoms with Crippen LogP contribution in [0.4, 0.5) is 4.79 Å². The van der Waals surface area contributed by atoms with Gasteiger partial charge >= 0.3 is 6.03 Å². The highest BCUT2D eigenvalue weighted by Crippen LogP contribution is 2.35. The molecule has 1 saturated heterocycles. The first-order chi connectivity index (χ1) is 11.1. The number of ether oxygens (including phenoxy) is 1. The van der Waals surface area contributed by atoms with Gasteiger partial charge in [-0.2, -0.15) is 0 Å². The quantitative estimate of drug-likeness (QED) is 0.648. The topological polar surface area (TPSA) is 54.5 Å². The minimum atomic E-state index is -0.388. The molecule has 5 nitrogen and oxygen atoms in total. The standard InChI is InChI=1S/C16H20ClN3O2S/c1-10-13(12-8-5-9-18-14(12)17)22-16(23)20(10)15(21)19-11-6-3-2-4-7-11/h5,8-11,13H,2-4,6-7H2,1H3,(H,19,21)/t10-,13-/m1/s1. The Kier molecular flexibility index (Phi) is 5.02. The van der Waals surface area contributed by atoms with E-state index in [9.17, 15) is 4.79 Å². The second-order valence-electron chi connectivity index (χ2n) is 6.08. The first-order valence-electron chi connectivity index (χ1n) is 7.98. The zero-order valence-corrected chi connectivity index (χ0v) is 14.6. The Labute approximate surface area is 146 Å². The Hall–Kier alpha value is -1.40. The van der Waals surface area contributed by atoms with Gasteiger partial charge in [-0.05, 0) is 38.0 Å². The van der Waals surface area contributed by atoms with E-state index in [-0.39, 0.29) is 29.4 Å². The molecule has 3 rings (SSSR count). The minimum Gasteiger partial charge on any atom is -0.460 e. The molecule has 1 aliphatic carbocycles. The van der Waals surface area contributed by atoms with E-state index in [0.717, 1.165) is 31.2 Å². The summed E-state index contributed by atoms with van der Waals surface area (Å²) < 4.78 is 5.74. The lowest BCUT2D eigenvalue weighted by atomic mass is 9.96. The van der Waals surface area contributed by atoms with Crippen molar-refractivity contribution in [2.75, 3.05) is 0 Å². The lowest BCUT2D eigenvalue weighted by molar-refractivity contribution is 0.188. The number of thiocarbonyl (C=S) groups is 1. The Morgan fingerprint density at radius 3 is 2.87 bits per heavy atom. The van der Waals surface area contributed by atoms with Crippen LogP contribution in [0.15, 0.2) is 18.3 Å². The normalized spacial score (nSPS) is 25.3. The molecule has 0 unspecified atom stereocenters. The van der Waals surface area contributed by atoms with Gasteiger partial charge < -0.3 is 10.1 Å². The molecular weight excluding hydrogens is 334 g/mol. The Balaban J connectivity index is 1.72. The van der Waals surface area contributed by atoms with Gasteiger partial charge in [-0.1, -0.05) is 36.9 Å². The van der Waals surface area contributed by atoms with Crippen LogP contribution >= 0.6 is 23.8 Å². The molecule has 23 heavy (non-hydrogen) atoms. The fourth-order valence-electron chi connectivity index (χ4n) is 3.26. The lowest BCUT2D eigenvalue weighted by Gasteiger charge is -2.27. The maximum Gasteiger partial charge on any atom is 0.325 e. The molecule has 1 saturated carbocycles. The summed E-state index contributed by atoms with van der Waals surface area (Å²) in [6.45, 7) is 1.91. The molecule has 2 atom stereocenters. The van der Waals surface area contributed by atoms with Crippen LogP contribution in [-0.2, 0) is 4.74 Å². The summed E-state index contributed by atoms with van der Waals surface area (Å²) >= 11 is 11.4. The Morgan fingerprint density at radius 1 is 1.43 bits per heavy atom. The number of aromatic nitrogens is 1. The molecule has 124 valence electrons. The highest BCUT2D eigenvalue weighted by molar-refractivity contribution is 7.80. The lowest BCUT2D eigenvalue weighted by Crippen LogP contribution is -2.48. The Morgan fingerprint density at radius 2 is 2.17 bits per heavy atom. The zero-order valence-electron chi connectivity index (χ0n) is 13.0. The molecule has 0 spiro atoms. The summed E-state index contributed by atoms with van der Waals surface area (Å²) in [5, 5.41) is 3.65. The second-order valence-corrected chi connectivity index (χ2v) is 6.79. The summed E-state index contributed by atoms with van der Waals surface area (Å²) in [6, 6.07) is 3.46. The number of hydrogen-bond donors (Lipinski definition) is 1. The largest absolute Gasteiger partial charge is 0.460 e. The van der Waals surface area contributed by atoms with Crippen molar-refractivity contribution in [2.45, 2.75) is 57.2 Å². The first-order valence-corrected chi connectivity index (χ1v) is 8.77. The minimum absolute atomic E-state index is 0.183. The van der Waals surface area contributed by atoms with Gasteiger partial charge in [0.15, 0.2) is 0 Å². The smallest absolute Gasteiger partial charge is 0.325 e. The van der Waals surface area contributed by atoms with Crippen LogP contribution in [0, 0.1) is 0 Å². The average Bonchev–Trinajstić information content (AvgIpc) is 2.83. The van der Waals surface area contributed by atoms with Crippen LogP contribution in [0.3, 0.4) is 0 Å². The fraction of sp³-hybridized carbons (Fsp3) is 0.562. The second kappa shape index (κ2) is 7.01. The molecular formula is C16H20ClN3O2S. The maximum atomic E-state index is 12.6. The highest BCUT2D eigenvalue weighted by atomic mass is 35.5. The number of carbonyl (C=O) groups excluding carboxylic acids is 1. The molecule has 2 amide bonds. The highest BCUT2D eigenvalue weighted by Gasteiger charge is 2.42. The SMILES string of the molecule is C[C@@H]1[C@H](c2cccnc2Cl)OC(=S)N1C(=O)NC1CCCCC1. The monoisotopic (exact) mass is 353 g/mol. The molecule has 0 bridgehead atoms. The van der Waals surface area contributed by atoms with Crippen LogP contribution in [0.5, 0.6) is 0 Å². The van der Waals surface area contributed by atoms with Crippen molar-refractivity contribution in [1.29, 1.82) is 0 Å². The molecule has 0 radical (unpaired) electrons. The number of carbonyl (C=O) groups is 1. The van der Waals surface area contributed by atoms with Crippen LogP contribution in [0.2, 0.25) is 5.15 Å². The molecule has 2 heterocycles. The predicted molar refractivity (Wildman–Crippen MR) is 92.4 cm³/mol. The fourth-order valence-corrected chi connectivity index (χ4v) is 3.84. The third-order valence-corrected chi connectivity index (χ3v) is 5.12. The third kappa shape index (κ3) is 3.43. The molecule has 7 heteroatoms. The summed E-state index contributed by atoms with van der Waals surface area (Å²) in [7, 11) is 0. The van der Waals surface area contributed by atoms with E-state index in [2.05, 4.69) is 10.3 Å². The van der Waals surface area contributed by atoms with Crippen LogP contribution in [-0.4, -0.2) is 33.2 Å². The van der Waals surface area contributed by atoms with E-state index in [1.54, 1.807) is 12.3 Å². The zero-order chi connectivity index (χ0) is 16.4. The van der Waals surface area contributed by atoms with Crippen molar-refractivity contribution >= 4 is 35.0 Å². The van der Waals surface area contributed by atoms with Crippen molar-refractivity contribution in [3.8, 4) is 0 Å². The van der Waals surface area contributed by atoms with Gasteiger partial charge in [0.2, 0.25) is 0 Å². The Bertz CT molecular complexity index is 607. The van der Waals surface area contributed by atoms with Crippen molar-refractivity contribution in [2.24, 2.45) is 0 Å². The number of amides is 2. The number of nitrogens with one attached hydrogen (secondary N) is 1. The summed E-state index contributed by atoms with van der Waals surface area (Å²) in [4.78, 5) is 18.2. The van der Waals surface area contributed by atoms with E-state index < -0.39 is 0 Å². The predicted octanol–water partition coefficient (Wildman–Crippen LogP) is 3.82. The van der Waals surface area contributed by atoms with Crippen LogP contribution < -0.4 is 5.32 Å². The van der Waals surface area contributed by atoms with Gasteiger partial charge in [-0.15, -0.1) is 0 Å². The van der Waals surface area contributed by atoms with E-state index in [1.165, 1.54) is 11.3 Å². The van der Waals surface area contributed by atoms with E-state index in [0.29, 0.717) is 5.15 Å². The van der Waals surface area contributed by atoms with E-state index in [1.807, 2.05) is 13.0 Å². The van der Waals surface area contributed by atoms with Gasteiger partial charge in [0.05, 0.1) is 6.04 Å². The van der Waals surface area contributed by atoms with Crippen LogP contribution in [0.25, 0.3) is 0 Å². The van der Waals surface area contributed by atoms with Gasteiger partial charge in [0.1, 0.15) is 11.3 Å². The number of urea groups is 1. The summed E-state index contributed by atoms with van der Waals surface area (Å²) in [5.74, 6) is 0. The van der Waals surface area contributed by atoms with Crippen molar-refractivity contribution in [1.82, 2.24) is 15.2 Å². The van der Waals surface area contributed by atoms with E-state index in [4.69, 9.17) is 28.6 Å². The van der Waals surface area contributed by atoms with E-state index >= 15 is 0 Å². The third-order valence-electron chi connectivity index (χ3n) is 4.52. The number of hydrogen-bond acceptors (Lipinski definition) is 4. The molecule has 2 fully saturated rings. The molecule has 0 aromatic carbocycles. The molecule has 1 N–H and O–H groups in total. The van der Waals surface area contributed by atoms with Crippen molar-refractivity contribution in [3.63, 3.8) is 0 Å². The average molecular weight is 354 g/mol. The summed E-state index contributed by atoms with van der Waals surface area (Å²) in [6.07, 6.45) is 6.86. The molecule has 1 aliphatic heterocycles.